The molecule has 110 valence electrons. The first-order valence-corrected chi connectivity index (χ1v) is 6.96. The van der Waals surface area contributed by atoms with Gasteiger partial charge in [-0.05, 0) is 42.8 Å². The van der Waals surface area contributed by atoms with E-state index < -0.39 is 5.82 Å². The zero-order valence-corrected chi connectivity index (χ0v) is 12.7. The molecule has 0 aromatic heterocycles. The molecule has 1 amide bonds. The van der Waals surface area contributed by atoms with E-state index in [-0.39, 0.29) is 17.5 Å². The van der Waals surface area contributed by atoms with E-state index in [0.29, 0.717) is 16.4 Å². The summed E-state index contributed by atoms with van der Waals surface area (Å²) in [6, 6.07) is 9.28. The highest BCUT2D eigenvalue weighted by Gasteiger charge is 2.08. The fourth-order valence-corrected chi connectivity index (χ4v) is 2.24. The van der Waals surface area contributed by atoms with Gasteiger partial charge in [-0.15, -0.1) is 0 Å². The lowest BCUT2D eigenvalue weighted by atomic mass is 10.2. The molecule has 0 atom stereocenters. The SMILES string of the molecule is Cc1ccc(NCC(=O)Nc2ccc(F)cc2Cl)c(Cl)c1. The summed E-state index contributed by atoms with van der Waals surface area (Å²) >= 11 is 11.9. The molecule has 0 heterocycles. The van der Waals surface area contributed by atoms with Crippen molar-refractivity contribution in [1.29, 1.82) is 0 Å². The number of amides is 1. The normalized spacial score (nSPS) is 10.3. The van der Waals surface area contributed by atoms with E-state index in [9.17, 15) is 9.18 Å². The van der Waals surface area contributed by atoms with Crippen molar-refractivity contribution in [1.82, 2.24) is 0 Å². The quantitative estimate of drug-likeness (QED) is 0.869. The minimum Gasteiger partial charge on any atom is -0.375 e. The second kappa shape index (κ2) is 6.78. The van der Waals surface area contributed by atoms with E-state index >= 15 is 0 Å². The van der Waals surface area contributed by atoms with E-state index in [4.69, 9.17) is 23.2 Å². The first-order valence-electron chi connectivity index (χ1n) is 6.20. The number of nitrogens with one attached hydrogen (secondary N) is 2. The van der Waals surface area contributed by atoms with Crippen LogP contribution < -0.4 is 10.6 Å². The summed E-state index contributed by atoms with van der Waals surface area (Å²) < 4.78 is 12.9. The van der Waals surface area contributed by atoms with Crippen molar-refractivity contribution in [2.24, 2.45) is 0 Å². The number of anilines is 2. The van der Waals surface area contributed by atoms with Gasteiger partial charge in [0.1, 0.15) is 5.82 Å². The molecule has 0 spiro atoms. The topological polar surface area (TPSA) is 41.1 Å². The minimum absolute atomic E-state index is 0.0243. The maximum absolute atomic E-state index is 12.9. The number of aryl methyl sites for hydroxylation is 1. The fourth-order valence-electron chi connectivity index (χ4n) is 1.72. The van der Waals surface area contributed by atoms with Gasteiger partial charge in [0.2, 0.25) is 5.91 Å². The molecule has 0 saturated carbocycles. The highest BCUT2D eigenvalue weighted by atomic mass is 35.5. The zero-order valence-electron chi connectivity index (χ0n) is 11.2. The predicted octanol–water partition coefficient (Wildman–Crippen LogP) is 4.49. The maximum atomic E-state index is 12.9. The van der Waals surface area contributed by atoms with Gasteiger partial charge >= 0.3 is 0 Å². The predicted molar refractivity (Wildman–Crippen MR) is 84.7 cm³/mol. The summed E-state index contributed by atoms with van der Waals surface area (Å²) in [4.78, 5) is 11.8. The van der Waals surface area contributed by atoms with Gasteiger partial charge < -0.3 is 10.6 Å². The third-order valence-corrected chi connectivity index (χ3v) is 3.39. The number of hydrogen-bond acceptors (Lipinski definition) is 2. The van der Waals surface area contributed by atoms with Crippen LogP contribution in [0.3, 0.4) is 0 Å². The Morgan fingerprint density at radius 2 is 1.76 bits per heavy atom. The Morgan fingerprint density at radius 1 is 1.10 bits per heavy atom. The summed E-state index contributed by atoms with van der Waals surface area (Å²) in [5, 5.41) is 6.22. The molecule has 0 aliphatic heterocycles. The second-order valence-corrected chi connectivity index (χ2v) is 5.32. The highest BCUT2D eigenvalue weighted by Crippen LogP contribution is 2.24. The van der Waals surface area contributed by atoms with Crippen LogP contribution in [0.15, 0.2) is 36.4 Å². The van der Waals surface area contributed by atoms with Crippen LogP contribution in [0.2, 0.25) is 10.0 Å². The molecule has 3 nitrogen and oxygen atoms in total. The lowest BCUT2D eigenvalue weighted by Crippen LogP contribution is -2.22. The van der Waals surface area contributed by atoms with Crippen LogP contribution in [-0.2, 0) is 4.79 Å². The molecule has 0 aliphatic rings. The van der Waals surface area contributed by atoms with Crippen LogP contribution in [0, 0.1) is 12.7 Å². The Hall–Kier alpha value is -1.78. The first kappa shape index (κ1) is 15.6. The standard InChI is InChI=1S/C15H13Cl2FN2O/c1-9-2-4-13(11(16)6-9)19-8-15(21)20-14-5-3-10(18)7-12(14)17/h2-7,19H,8H2,1H3,(H,20,21). The molecule has 0 aliphatic carbocycles. The number of carbonyl (C=O) groups excluding carboxylic acids is 1. The van der Waals surface area contributed by atoms with E-state index in [1.165, 1.54) is 12.1 Å². The maximum Gasteiger partial charge on any atom is 0.243 e. The summed E-state index contributed by atoms with van der Waals surface area (Å²) in [6.07, 6.45) is 0. The summed E-state index contributed by atoms with van der Waals surface area (Å²) in [7, 11) is 0. The smallest absolute Gasteiger partial charge is 0.243 e. The van der Waals surface area contributed by atoms with Crippen LogP contribution in [0.1, 0.15) is 5.56 Å². The molecule has 0 fully saturated rings. The van der Waals surface area contributed by atoms with Crippen molar-refractivity contribution in [3.63, 3.8) is 0 Å². The number of hydrogen-bond donors (Lipinski definition) is 2. The molecular weight excluding hydrogens is 314 g/mol. The Labute approximate surface area is 132 Å². The van der Waals surface area contributed by atoms with Crippen LogP contribution in [0.5, 0.6) is 0 Å². The Balaban J connectivity index is 1.96. The fraction of sp³-hybridized carbons (Fsp3) is 0.133. The van der Waals surface area contributed by atoms with Crippen molar-refractivity contribution in [2.75, 3.05) is 17.2 Å². The number of halogens is 3. The Bertz CT molecular complexity index is 677. The van der Waals surface area contributed by atoms with Gasteiger partial charge in [-0.1, -0.05) is 29.3 Å². The monoisotopic (exact) mass is 326 g/mol. The van der Waals surface area contributed by atoms with Crippen molar-refractivity contribution in [2.45, 2.75) is 6.92 Å². The van der Waals surface area contributed by atoms with Crippen molar-refractivity contribution < 1.29 is 9.18 Å². The van der Waals surface area contributed by atoms with E-state index in [1.807, 2.05) is 13.0 Å². The van der Waals surface area contributed by atoms with Gasteiger partial charge in [0.25, 0.3) is 0 Å². The van der Waals surface area contributed by atoms with Crippen LogP contribution >= 0.6 is 23.2 Å². The summed E-state index contributed by atoms with van der Waals surface area (Å²) in [5.74, 6) is -0.761. The molecule has 6 heteroatoms. The third-order valence-electron chi connectivity index (χ3n) is 2.77. The molecule has 2 rings (SSSR count). The molecule has 2 aromatic carbocycles. The van der Waals surface area contributed by atoms with Crippen molar-refractivity contribution in [3.8, 4) is 0 Å². The molecule has 0 unspecified atom stereocenters. The number of benzene rings is 2. The highest BCUT2D eigenvalue weighted by molar-refractivity contribution is 6.34. The zero-order chi connectivity index (χ0) is 15.4. The van der Waals surface area contributed by atoms with Crippen LogP contribution in [-0.4, -0.2) is 12.5 Å². The van der Waals surface area contributed by atoms with Gasteiger partial charge in [-0.3, -0.25) is 4.79 Å². The first-order chi connectivity index (χ1) is 9.95. The summed E-state index contributed by atoms with van der Waals surface area (Å²) in [5.41, 5.74) is 2.07. The lowest BCUT2D eigenvalue weighted by Gasteiger charge is -2.10. The Morgan fingerprint density at radius 3 is 2.43 bits per heavy atom. The third kappa shape index (κ3) is 4.34. The van der Waals surface area contributed by atoms with Gasteiger partial charge in [0.05, 0.1) is 28.0 Å². The average Bonchev–Trinajstić information content (AvgIpc) is 2.41. The van der Waals surface area contributed by atoms with Gasteiger partial charge in [0, 0.05) is 0 Å². The van der Waals surface area contributed by atoms with E-state index in [2.05, 4.69) is 10.6 Å². The lowest BCUT2D eigenvalue weighted by molar-refractivity contribution is -0.114. The molecule has 0 bridgehead atoms. The van der Waals surface area contributed by atoms with Crippen LogP contribution in [0.4, 0.5) is 15.8 Å². The molecule has 21 heavy (non-hydrogen) atoms. The number of rotatable bonds is 4. The molecule has 2 aromatic rings. The number of carbonyl (C=O) groups is 1. The second-order valence-electron chi connectivity index (χ2n) is 4.51. The molecule has 0 radical (unpaired) electrons. The van der Waals surface area contributed by atoms with Crippen molar-refractivity contribution >= 4 is 40.5 Å². The van der Waals surface area contributed by atoms with E-state index in [1.54, 1.807) is 12.1 Å². The van der Waals surface area contributed by atoms with Crippen molar-refractivity contribution in [3.05, 3.63) is 57.8 Å². The minimum atomic E-state index is -0.456. The van der Waals surface area contributed by atoms with Gasteiger partial charge in [-0.25, -0.2) is 4.39 Å². The van der Waals surface area contributed by atoms with Crippen LogP contribution in [0.25, 0.3) is 0 Å². The largest absolute Gasteiger partial charge is 0.375 e. The van der Waals surface area contributed by atoms with E-state index in [0.717, 1.165) is 11.6 Å². The van der Waals surface area contributed by atoms with Gasteiger partial charge in [-0.2, -0.15) is 0 Å². The average molecular weight is 327 g/mol. The van der Waals surface area contributed by atoms with Gasteiger partial charge in [0.15, 0.2) is 0 Å². The molecule has 0 saturated heterocycles. The molecular formula is C15H13Cl2FN2O. The Kier molecular flexibility index (Phi) is 5.04. The molecule has 2 N–H and O–H groups in total. The summed E-state index contributed by atoms with van der Waals surface area (Å²) in [6.45, 7) is 1.95.